The van der Waals surface area contributed by atoms with E-state index in [1.54, 1.807) is 0 Å². The molecule has 0 radical (unpaired) electrons. The lowest BCUT2D eigenvalue weighted by Gasteiger charge is -2.37. The molecule has 232 valence electrons. The molecule has 6 aromatic carbocycles. The van der Waals surface area contributed by atoms with Gasteiger partial charge >= 0.3 is 0 Å². The van der Waals surface area contributed by atoms with Gasteiger partial charge in [-0.15, -0.1) is 0 Å². The third-order valence-electron chi connectivity index (χ3n) is 8.46. The van der Waals surface area contributed by atoms with Crippen molar-refractivity contribution in [2.45, 2.75) is 46.5 Å². The highest BCUT2D eigenvalue weighted by Crippen LogP contribution is 2.46. The summed E-state index contributed by atoms with van der Waals surface area (Å²) in [6.45, 7) is 9.06. The van der Waals surface area contributed by atoms with Gasteiger partial charge in [-0.2, -0.15) is 0 Å². The average Bonchev–Trinajstić information content (AvgIpc) is 3.08. The number of rotatable bonds is 10. The van der Waals surface area contributed by atoms with Gasteiger partial charge in [0, 0.05) is 0 Å². The van der Waals surface area contributed by atoms with Gasteiger partial charge < -0.3 is 14.3 Å². The summed E-state index contributed by atoms with van der Waals surface area (Å²) in [5.41, 5.74) is 4.87. The Balaban J connectivity index is 1.55. The van der Waals surface area contributed by atoms with Gasteiger partial charge in [-0.05, 0) is 79.5 Å². The van der Waals surface area contributed by atoms with Gasteiger partial charge in [-0.1, -0.05) is 148 Å². The van der Waals surface area contributed by atoms with E-state index in [2.05, 4.69) is 136 Å². The summed E-state index contributed by atoms with van der Waals surface area (Å²) in [7, 11) is -2.14. The summed E-state index contributed by atoms with van der Waals surface area (Å²) in [5.74, 6) is 0.806. The van der Waals surface area contributed by atoms with Crippen molar-refractivity contribution in [1.82, 2.24) is 0 Å². The molecule has 0 amide bonds. The van der Waals surface area contributed by atoms with Crippen LogP contribution in [0.1, 0.15) is 56.6 Å². The molecule has 1 N–H and O–H groups in total. The molecule has 0 aliphatic rings. The predicted molar refractivity (Wildman–Crippen MR) is 193 cm³/mol. The standard InChI is InChI=1S/C42H42O3Si/c1-30(43)39-38(41(42(2,3)4)45-46(35-21-13-7-14-22-35)36-23-15-8-16-24-36)28-33-27-34(44-29-31-17-9-5-10-18-31)25-26-37(33)40(39)32-19-11-6-12-20-32/h5-28,30,41,43,46H,29H2,1-4H3. The Morgan fingerprint density at radius 2 is 1.22 bits per heavy atom. The largest absolute Gasteiger partial charge is 0.489 e. The van der Waals surface area contributed by atoms with Crippen molar-refractivity contribution in [1.29, 1.82) is 0 Å². The minimum Gasteiger partial charge on any atom is -0.489 e. The summed E-state index contributed by atoms with van der Waals surface area (Å²) in [6, 6.07) is 50.4. The van der Waals surface area contributed by atoms with Crippen LogP contribution in [0.15, 0.2) is 146 Å². The van der Waals surface area contributed by atoms with E-state index >= 15 is 0 Å². The zero-order valence-corrected chi connectivity index (χ0v) is 28.2. The van der Waals surface area contributed by atoms with Gasteiger partial charge in [-0.25, -0.2) is 0 Å². The molecule has 0 aliphatic carbocycles. The second kappa shape index (κ2) is 13.9. The molecule has 46 heavy (non-hydrogen) atoms. The fraction of sp³-hybridized carbons (Fsp3) is 0.190. The molecule has 3 nitrogen and oxygen atoms in total. The molecular formula is C42H42O3Si. The maximum Gasteiger partial charge on any atom is 0.240 e. The van der Waals surface area contributed by atoms with Crippen LogP contribution in [0, 0.1) is 5.41 Å². The first kappa shape index (κ1) is 31.5. The molecule has 0 saturated heterocycles. The third kappa shape index (κ3) is 7.00. The van der Waals surface area contributed by atoms with E-state index in [9.17, 15) is 5.11 Å². The topological polar surface area (TPSA) is 38.7 Å². The van der Waals surface area contributed by atoms with Crippen LogP contribution < -0.4 is 15.1 Å². The zero-order chi connectivity index (χ0) is 32.1. The minimum absolute atomic E-state index is 0.276. The molecule has 0 heterocycles. The van der Waals surface area contributed by atoms with Crippen molar-refractivity contribution in [3.8, 4) is 16.9 Å². The molecule has 4 heteroatoms. The van der Waals surface area contributed by atoms with E-state index in [1.165, 1.54) is 10.4 Å². The molecule has 2 unspecified atom stereocenters. The van der Waals surface area contributed by atoms with Gasteiger partial charge in [0.1, 0.15) is 12.4 Å². The first-order chi connectivity index (χ1) is 22.3. The first-order valence-electron chi connectivity index (χ1n) is 16.1. The first-order valence-corrected chi connectivity index (χ1v) is 17.7. The Bertz CT molecular complexity index is 1830. The van der Waals surface area contributed by atoms with Crippen LogP contribution in [-0.2, 0) is 11.0 Å². The van der Waals surface area contributed by atoms with Gasteiger partial charge in [0.25, 0.3) is 0 Å². The molecule has 0 aliphatic heterocycles. The number of fused-ring (bicyclic) bond motifs is 1. The van der Waals surface area contributed by atoms with Crippen LogP contribution in [-0.4, -0.2) is 14.1 Å². The third-order valence-corrected chi connectivity index (χ3v) is 11.0. The molecular weight excluding hydrogens is 581 g/mol. The number of aliphatic hydroxyl groups is 1. The summed E-state index contributed by atoms with van der Waals surface area (Å²) >= 11 is 0. The molecule has 0 fully saturated rings. The minimum atomic E-state index is -2.14. The van der Waals surface area contributed by atoms with Crippen molar-refractivity contribution in [2.75, 3.05) is 0 Å². The molecule has 0 aromatic heterocycles. The molecule has 6 aromatic rings. The number of aliphatic hydroxyl groups excluding tert-OH is 1. The van der Waals surface area contributed by atoms with E-state index < -0.39 is 15.1 Å². The van der Waals surface area contributed by atoms with Crippen LogP contribution in [0.2, 0.25) is 0 Å². The Kier molecular flexibility index (Phi) is 9.50. The molecule has 0 spiro atoms. The maximum absolute atomic E-state index is 11.6. The second-order valence-electron chi connectivity index (χ2n) is 13.0. The summed E-state index contributed by atoms with van der Waals surface area (Å²) in [5, 5.41) is 16.2. The summed E-state index contributed by atoms with van der Waals surface area (Å²) < 4.78 is 13.7. The highest BCUT2D eigenvalue weighted by atomic mass is 28.3. The SMILES string of the molecule is CC(O)c1c(C(O[SiH](c2ccccc2)c2ccccc2)C(C)(C)C)cc2cc(OCc3ccccc3)ccc2c1-c1ccccc1. The average molecular weight is 623 g/mol. The van der Waals surface area contributed by atoms with E-state index in [0.717, 1.165) is 44.3 Å². The van der Waals surface area contributed by atoms with E-state index in [-0.39, 0.29) is 11.5 Å². The number of benzene rings is 6. The quantitative estimate of drug-likeness (QED) is 0.155. The van der Waals surface area contributed by atoms with Crippen LogP contribution in [0.4, 0.5) is 0 Å². The van der Waals surface area contributed by atoms with Crippen molar-refractivity contribution in [2.24, 2.45) is 5.41 Å². The smallest absolute Gasteiger partial charge is 0.240 e. The highest BCUT2D eigenvalue weighted by Gasteiger charge is 2.35. The number of ether oxygens (including phenoxy) is 1. The highest BCUT2D eigenvalue weighted by molar-refractivity contribution is 6.80. The van der Waals surface area contributed by atoms with Gasteiger partial charge in [-0.3, -0.25) is 0 Å². The molecule has 0 saturated carbocycles. The van der Waals surface area contributed by atoms with Gasteiger partial charge in [0.05, 0.1) is 12.2 Å². The van der Waals surface area contributed by atoms with Crippen molar-refractivity contribution in [3.05, 3.63) is 162 Å². The van der Waals surface area contributed by atoms with E-state index in [4.69, 9.17) is 9.16 Å². The van der Waals surface area contributed by atoms with Crippen LogP contribution in [0.25, 0.3) is 21.9 Å². The second-order valence-corrected chi connectivity index (χ2v) is 15.4. The van der Waals surface area contributed by atoms with E-state index in [0.29, 0.717) is 6.61 Å². The van der Waals surface area contributed by atoms with Crippen molar-refractivity contribution >= 4 is 30.2 Å². The molecule has 6 rings (SSSR count). The lowest BCUT2D eigenvalue weighted by molar-refractivity contribution is 0.0857. The zero-order valence-electron chi connectivity index (χ0n) is 27.1. The Morgan fingerprint density at radius 1 is 0.674 bits per heavy atom. The predicted octanol–water partition coefficient (Wildman–Crippen LogP) is 8.78. The number of hydrogen-bond donors (Lipinski definition) is 1. The van der Waals surface area contributed by atoms with E-state index in [1.807, 2.05) is 37.3 Å². The summed E-state index contributed by atoms with van der Waals surface area (Å²) in [6.07, 6.45) is -1.01. The Hall–Kier alpha value is -4.48. The van der Waals surface area contributed by atoms with Crippen molar-refractivity contribution in [3.63, 3.8) is 0 Å². The summed E-state index contributed by atoms with van der Waals surface area (Å²) in [4.78, 5) is 0. The lowest BCUT2D eigenvalue weighted by atomic mass is 9.78. The Labute approximate surface area is 274 Å². The molecule has 2 atom stereocenters. The van der Waals surface area contributed by atoms with Crippen LogP contribution in [0.5, 0.6) is 5.75 Å². The maximum atomic E-state index is 11.6. The van der Waals surface area contributed by atoms with Crippen LogP contribution in [0.3, 0.4) is 0 Å². The fourth-order valence-electron chi connectivity index (χ4n) is 6.32. The van der Waals surface area contributed by atoms with Gasteiger partial charge in [0.2, 0.25) is 9.04 Å². The molecule has 0 bridgehead atoms. The Morgan fingerprint density at radius 3 is 1.76 bits per heavy atom. The lowest BCUT2D eigenvalue weighted by Crippen LogP contribution is -2.47. The van der Waals surface area contributed by atoms with Crippen molar-refractivity contribution < 1.29 is 14.3 Å². The normalized spacial score (nSPS) is 13.1. The number of hydrogen-bond acceptors (Lipinski definition) is 3. The van der Waals surface area contributed by atoms with Gasteiger partial charge in [0.15, 0.2) is 0 Å². The monoisotopic (exact) mass is 622 g/mol. The van der Waals surface area contributed by atoms with Crippen LogP contribution >= 0.6 is 0 Å². The fourth-order valence-corrected chi connectivity index (χ4v) is 8.99.